The van der Waals surface area contributed by atoms with Crippen LogP contribution in [0.25, 0.3) is 10.8 Å². The Hall–Kier alpha value is -2.30. The molecule has 5 nitrogen and oxygen atoms in total. The molecule has 0 radical (unpaired) electrons. The van der Waals surface area contributed by atoms with Gasteiger partial charge < -0.3 is 15.0 Å². The molecule has 0 fully saturated rings. The number of aromatic nitrogens is 1. The van der Waals surface area contributed by atoms with E-state index in [1.54, 1.807) is 11.1 Å². The van der Waals surface area contributed by atoms with Crippen LogP contribution in [0.3, 0.4) is 0 Å². The van der Waals surface area contributed by atoms with E-state index in [2.05, 4.69) is 15.0 Å². The third kappa shape index (κ3) is 2.59. The van der Waals surface area contributed by atoms with Crippen molar-refractivity contribution in [1.82, 2.24) is 4.98 Å². The van der Waals surface area contributed by atoms with Gasteiger partial charge in [-0.25, -0.2) is 4.98 Å². The molecule has 0 aliphatic carbocycles. The van der Waals surface area contributed by atoms with E-state index in [1.807, 2.05) is 38.4 Å². The number of anilines is 2. The van der Waals surface area contributed by atoms with Gasteiger partial charge in [-0.3, -0.25) is 4.79 Å². The normalized spacial score (nSPS) is 10.3. The molecule has 0 aliphatic rings. The highest BCUT2D eigenvalue weighted by Crippen LogP contribution is 2.30. The number of pyridine rings is 1. The van der Waals surface area contributed by atoms with Gasteiger partial charge in [0.1, 0.15) is 12.4 Å². The molecule has 0 bridgehead atoms. The summed E-state index contributed by atoms with van der Waals surface area (Å²) in [5.41, 5.74) is 0.984. The summed E-state index contributed by atoms with van der Waals surface area (Å²) in [6, 6.07) is 7.94. The van der Waals surface area contributed by atoms with Crippen molar-refractivity contribution in [2.75, 3.05) is 38.0 Å². The molecule has 1 N–H and O–H groups in total. The van der Waals surface area contributed by atoms with Crippen LogP contribution in [0, 0.1) is 0 Å². The van der Waals surface area contributed by atoms with Gasteiger partial charge in [0.25, 0.3) is 0 Å². The fraction of sp³-hybridized carbons (Fsp3) is 0.286. The number of rotatable bonds is 4. The largest absolute Gasteiger partial charge is 0.468 e. The Balaban J connectivity index is 2.50. The van der Waals surface area contributed by atoms with Crippen LogP contribution in [0.1, 0.15) is 0 Å². The molecule has 1 aromatic heterocycles. The van der Waals surface area contributed by atoms with Gasteiger partial charge in [-0.15, -0.1) is 0 Å². The maximum atomic E-state index is 11.4. The lowest BCUT2D eigenvalue weighted by Crippen LogP contribution is -2.27. The average molecular weight is 259 g/mol. The van der Waals surface area contributed by atoms with E-state index in [0.29, 0.717) is 0 Å². The summed E-state index contributed by atoms with van der Waals surface area (Å²) in [7, 11) is 5.07. The average Bonchev–Trinajstić information content (AvgIpc) is 2.45. The minimum absolute atomic E-state index is 0.167. The molecular formula is C14H17N3O2. The maximum Gasteiger partial charge on any atom is 0.325 e. The van der Waals surface area contributed by atoms with Gasteiger partial charge in [-0.1, -0.05) is 12.1 Å². The van der Waals surface area contributed by atoms with Crippen molar-refractivity contribution in [3.63, 3.8) is 0 Å². The Morgan fingerprint density at radius 2 is 2.21 bits per heavy atom. The Kier molecular flexibility index (Phi) is 3.85. The highest BCUT2D eigenvalue weighted by molar-refractivity contribution is 6.02. The van der Waals surface area contributed by atoms with Crippen molar-refractivity contribution in [2.24, 2.45) is 0 Å². The molecule has 2 rings (SSSR count). The van der Waals surface area contributed by atoms with Gasteiger partial charge in [0, 0.05) is 31.4 Å². The van der Waals surface area contributed by atoms with E-state index in [-0.39, 0.29) is 12.5 Å². The van der Waals surface area contributed by atoms with E-state index in [0.717, 1.165) is 22.3 Å². The van der Waals surface area contributed by atoms with Gasteiger partial charge in [-0.2, -0.15) is 0 Å². The Morgan fingerprint density at radius 1 is 1.42 bits per heavy atom. The number of methoxy groups -OCH3 is 1. The molecule has 0 spiro atoms. The van der Waals surface area contributed by atoms with Gasteiger partial charge >= 0.3 is 5.97 Å². The molecule has 0 amide bonds. The number of hydrogen-bond acceptors (Lipinski definition) is 5. The third-order valence-electron chi connectivity index (χ3n) is 3.00. The molecule has 0 aliphatic heterocycles. The number of esters is 1. The number of nitrogens with one attached hydrogen (secondary N) is 1. The van der Waals surface area contributed by atoms with Crippen molar-refractivity contribution in [3.05, 3.63) is 30.5 Å². The zero-order valence-electron chi connectivity index (χ0n) is 11.3. The fourth-order valence-corrected chi connectivity index (χ4v) is 2.04. The first-order chi connectivity index (χ1) is 9.17. The minimum Gasteiger partial charge on any atom is -0.468 e. The van der Waals surface area contributed by atoms with Crippen LogP contribution in [0.4, 0.5) is 11.5 Å². The van der Waals surface area contributed by atoms with Crippen molar-refractivity contribution in [2.45, 2.75) is 0 Å². The zero-order valence-corrected chi connectivity index (χ0v) is 11.3. The number of nitrogens with zero attached hydrogens (tertiary/aromatic N) is 2. The molecule has 1 aromatic carbocycles. The molecule has 0 unspecified atom stereocenters. The quantitative estimate of drug-likeness (QED) is 0.850. The summed E-state index contributed by atoms with van der Waals surface area (Å²) in [6.07, 6.45) is 1.74. The number of ether oxygens (including phenoxy) is 1. The van der Waals surface area contributed by atoms with Crippen LogP contribution >= 0.6 is 0 Å². The second-order valence-electron chi connectivity index (χ2n) is 4.22. The smallest absolute Gasteiger partial charge is 0.325 e. The van der Waals surface area contributed by atoms with E-state index in [1.165, 1.54) is 7.11 Å². The molecule has 2 aromatic rings. The minimum atomic E-state index is -0.289. The van der Waals surface area contributed by atoms with E-state index >= 15 is 0 Å². The Labute approximate surface area is 112 Å². The SMILES string of the molecule is CNc1cccc2ccnc(N(C)CC(=O)OC)c12. The summed E-state index contributed by atoms with van der Waals surface area (Å²) in [5, 5.41) is 5.23. The molecule has 0 atom stereocenters. The zero-order chi connectivity index (χ0) is 13.8. The first-order valence-electron chi connectivity index (χ1n) is 6.00. The monoisotopic (exact) mass is 259 g/mol. The topological polar surface area (TPSA) is 54.5 Å². The Bertz CT molecular complexity index is 593. The molecule has 0 saturated heterocycles. The highest BCUT2D eigenvalue weighted by Gasteiger charge is 2.13. The van der Waals surface area contributed by atoms with Gasteiger partial charge in [0.2, 0.25) is 0 Å². The second-order valence-corrected chi connectivity index (χ2v) is 4.22. The molecule has 100 valence electrons. The first kappa shape index (κ1) is 13.1. The van der Waals surface area contributed by atoms with Gasteiger partial charge in [-0.05, 0) is 17.5 Å². The predicted molar refractivity (Wildman–Crippen MR) is 76.6 cm³/mol. The third-order valence-corrected chi connectivity index (χ3v) is 3.00. The van der Waals surface area contributed by atoms with Crippen molar-refractivity contribution in [3.8, 4) is 0 Å². The van der Waals surface area contributed by atoms with Crippen LogP contribution in [-0.2, 0) is 9.53 Å². The molecular weight excluding hydrogens is 242 g/mol. The van der Waals surface area contributed by atoms with Gasteiger partial charge in [0.15, 0.2) is 0 Å². The summed E-state index contributed by atoms with van der Waals surface area (Å²) in [4.78, 5) is 17.5. The van der Waals surface area contributed by atoms with Crippen LogP contribution in [0.2, 0.25) is 0 Å². The number of likely N-dealkylation sites (N-methyl/N-ethyl adjacent to an activating group) is 1. The number of fused-ring (bicyclic) bond motifs is 1. The lowest BCUT2D eigenvalue weighted by molar-refractivity contribution is -0.138. The number of hydrogen-bond donors (Lipinski definition) is 1. The lowest BCUT2D eigenvalue weighted by Gasteiger charge is -2.20. The van der Waals surface area contributed by atoms with E-state index in [4.69, 9.17) is 0 Å². The standard InChI is InChI=1S/C14H17N3O2/c1-15-11-6-4-5-10-7-8-16-14(13(10)11)17(2)9-12(18)19-3/h4-8,15H,9H2,1-3H3. The van der Waals surface area contributed by atoms with Crippen molar-refractivity contribution < 1.29 is 9.53 Å². The molecule has 19 heavy (non-hydrogen) atoms. The fourth-order valence-electron chi connectivity index (χ4n) is 2.04. The summed E-state index contributed by atoms with van der Waals surface area (Å²) in [6.45, 7) is 0.167. The molecule has 1 heterocycles. The van der Waals surface area contributed by atoms with Crippen LogP contribution in [-0.4, -0.2) is 38.7 Å². The number of carbonyl (C=O) groups is 1. The second kappa shape index (κ2) is 5.56. The van der Waals surface area contributed by atoms with Crippen molar-refractivity contribution >= 4 is 28.2 Å². The van der Waals surface area contributed by atoms with Crippen molar-refractivity contribution in [1.29, 1.82) is 0 Å². The predicted octanol–water partition coefficient (Wildman–Crippen LogP) is 1.89. The van der Waals surface area contributed by atoms with Crippen LogP contribution < -0.4 is 10.2 Å². The number of carbonyl (C=O) groups excluding carboxylic acids is 1. The first-order valence-corrected chi connectivity index (χ1v) is 6.00. The van der Waals surface area contributed by atoms with E-state index in [9.17, 15) is 4.79 Å². The summed E-state index contributed by atoms with van der Waals surface area (Å²) < 4.78 is 4.69. The molecule has 5 heteroatoms. The summed E-state index contributed by atoms with van der Waals surface area (Å²) >= 11 is 0. The maximum absolute atomic E-state index is 11.4. The summed E-state index contributed by atoms with van der Waals surface area (Å²) in [5.74, 6) is 0.469. The number of benzene rings is 1. The Morgan fingerprint density at radius 3 is 2.89 bits per heavy atom. The molecule has 0 saturated carbocycles. The highest BCUT2D eigenvalue weighted by atomic mass is 16.5. The van der Waals surface area contributed by atoms with E-state index < -0.39 is 0 Å². The van der Waals surface area contributed by atoms with Gasteiger partial charge in [0.05, 0.1) is 7.11 Å². The lowest BCUT2D eigenvalue weighted by atomic mass is 10.1. The van der Waals surface area contributed by atoms with Crippen LogP contribution in [0.5, 0.6) is 0 Å². The van der Waals surface area contributed by atoms with Crippen LogP contribution in [0.15, 0.2) is 30.5 Å².